The van der Waals surface area contributed by atoms with Crippen LogP contribution in [-0.4, -0.2) is 58.7 Å². The maximum Gasteiger partial charge on any atom is 0.257 e. The summed E-state index contributed by atoms with van der Waals surface area (Å²) in [5, 5.41) is 2.90. The number of piperidine rings is 1. The Morgan fingerprint density at radius 2 is 1.69 bits per heavy atom. The number of hydrogen-bond acceptors (Lipinski definition) is 4. The van der Waals surface area contributed by atoms with Crippen molar-refractivity contribution in [3.05, 3.63) is 59.7 Å². The molecule has 2 fully saturated rings. The Morgan fingerprint density at radius 3 is 2.50 bits per heavy atom. The van der Waals surface area contributed by atoms with E-state index in [2.05, 4.69) is 5.32 Å². The lowest BCUT2D eigenvalue weighted by atomic mass is 9.98. The molecule has 1 N–H and O–H groups in total. The zero-order chi connectivity index (χ0) is 25.3. The van der Waals surface area contributed by atoms with Crippen molar-refractivity contribution in [1.82, 2.24) is 9.80 Å². The average molecular weight is 489 g/mol. The number of nitrogens with zero attached hydrogens (tertiary/aromatic N) is 3. The van der Waals surface area contributed by atoms with Crippen LogP contribution < -0.4 is 10.2 Å². The summed E-state index contributed by atoms with van der Waals surface area (Å²) in [5.74, 6) is -0.363. The minimum atomic E-state index is -0.730. The number of carbonyl (C=O) groups excluding carboxylic acids is 4. The van der Waals surface area contributed by atoms with Gasteiger partial charge in [0.15, 0.2) is 0 Å². The second-order valence-corrected chi connectivity index (χ2v) is 9.97. The Labute approximate surface area is 211 Å². The van der Waals surface area contributed by atoms with E-state index in [-0.39, 0.29) is 30.0 Å². The summed E-state index contributed by atoms with van der Waals surface area (Å²) in [7, 11) is 0. The number of fused-ring (bicyclic) bond motifs is 3. The van der Waals surface area contributed by atoms with Crippen LogP contribution in [0.15, 0.2) is 48.5 Å². The first-order valence-electron chi connectivity index (χ1n) is 12.8. The summed E-state index contributed by atoms with van der Waals surface area (Å²) in [6, 6.07) is 14.3. The van der Waals surface area contributed by atoms with Gasteiger partial charge in [0.1, 0.15) is 5.66 Å². The molecule has 3 heterocycles. The molecule has 0 radical (unpaired) electrons. The lowest BCUT2D eigenvalue weighted by Crippen LogP contribution is -2.62. The average Bonchev–Trinajstić information content (AvgIpc) is 3.21. The molecular formula is C28H32N4O4. The molecule has 8 nitrogen and oxygen atoms in total. The number of anilines is 2. The normalized spacial score (nSPS) is 21.3. The van der Waals surface area contributed by atoms with Gasteiger partial charge in [-0.15, -0.1) is 0 Å². The van der Waals surface area contributed by atoms with Crippen molar-refractivity contribution in [2.75, 3.05) is 29.9 Å². The number of hydrogen-bond donors (Lipinski definition) is 1. The van der Waals surface area contributed by atoms with Crippen LogP contribution in [0.25, 0.3) is 0 Å². The molecule has 0 spiro atoms. The fourth-order valence-electron chi connectivity index (χ4n) is 5.70. The minimum absolute atomic E-state index is 0.00942. The lowest BCUT2D eigenvalue weighted by Gasteiger charge is -2.48. The summed E-state index contributed by atoms with van der Waals surface area (Å²) >= 11 is 0. The zero-order valence-electron chi connectivity index (χ0n) is 20.7. The molecule has 36 heavy (non-hydrogen) atoms. The van der Waals surface area contributed by atoms with Crippen molar-refractivity contribution in [1.29, 1.82) is 0 Å². The molecule has 5 rings (SSSR count). The highest BCUT2D eigenvalue weighted by atomic mass is 16.2. The van der Waals surface area contributed by atoms with Gasteiger partial charge in [0.25, 0.3) is 11.8 Å². The van der Waals surface area contributed by atoms with Crippen LogP contribution >= 0.6 is 0 Å². The Morgan fingerprint density at radius 1 is 0.972 bits per heavy atom. The molecule has 4 amide bonds. The van der Waals surface area contributed by atoms with Crippen LogP contribution in [0.1, 0.15) is 72.6 Å². The first-order chi connectivity index (χ1) is 17.4. The van der Waals surface area contributed by atoms with E-state index in [1.165, 1.54) is 0 Å². The van der Waals surface area contributed by atoms with Gasteiger partial charge in [-0.1, -0.05) is 24.3 Å². The summed E-state index contributed by atoms with van der Waals surface area (Å²) < 4.78 is 0. The van der Waals surface area contributed by atoms with E-state index in [1.54, 1.807) is 40.1 Å². The van der Waals surface area contributed by atoms with Gasteiger partial charge in [-0.3, -0.25) is 24.1 Å². The molecule has 188 valence electrons. The molecular weight excluding hydrogens is 456 g/mol. The number of nitrogens with one attached hydrogen (secondary N) is 1. The molecule has 1 unspecified atom stereocenters. The fourth-order valence-corrected chi connectivity index (χ4v) is 5.70. The highest BCUT2D eigenvalue weighted by Crippen LogP contribution is 2.44. The SMILES string of the molecule is CC12CCC(=O)N1c1ccccc1C(=O)N2CCCC(=O)Nc1ccccc1C(=O)N1CCCCC1. The van der Waals surface area contributed by atoms with Gasteiger partial charge in [-0.2, -0.15) is 0 Å². The van der Waals surface area contributed by atoms with Crippen molar-refractivity contribution in [2.24, 2.45) is 0 Å². The van der Waals surface area contributed by atoms with Crippen LogP contribution in [0, 0.1) is 0 Å². The number of amides is 4. The Kier molecular flexibility index (Phi) is 6.51. The van der Waals surface area contributed by atoms with Gasteiger partial charge in [-0.05, 0) is 63.3 Å². The monoisotopic (exact) mass is 488 g/mol. The highest BCUT2D eigenvalue weighted by molar-refractivity contribution is 6.10. The molecule has 3 aliphatic rings. The van der Waals surface area contributed by atoms with E-state index >= 15 is 0 Å². The smallest absolute Gasteiger partial charge is 0.257 e. The number of likely N-dealkylation sites (tertiary alicyclic amines) is 1. The zero-order valence-corrected chi connectivity index (χ0v) is 20.7. The van der Waals surface area contributed by atoms with Gasteiger partial charge in [-0.25, -0.2) is 0 Å². The predicted octanol–water partition coefficient (Wildman–Crippen LogP) is 4.03. The number of carbonyl (C=O) groups is 4. The minimum Gasteiger partial charge on any atom is -0.339 e. The molecule has 8 heteroatoms. The Hall–Kier alpha value is -3.68. The molecule has 3 aliphatic heterocycles. The van der Waals surface area contributed by atoms with Gasteiger partial charge in [0.2, 0.25) is 11.8 Å². The van der Waals surface area contributed by atoms with Crippen LogP contribution in [0.5, 0.6) is 0 Å². The van der Waals surface area contributed by atoms with E-state index in [0.29, 0.717) is 48.3 Å². The number of para-hydroxylation sites is 2. The van der Waals surface area contributed by atoms with E-state index in [1.807, 2.05) is 30.0 Å². The largest absolute Gasteiger partial charge is 0.339 e. The molecule has 0 aliphatic carbocycles. The standard InChI is InChI=1S/C28H32N4O4/c1-28-16-15-25(34)32(28)23-13-6-4-11-21(23)27(36)31(28)19-9-14-24(33)29-22-12-5-3-10-20(22)26(35)30-17-7-2-8-18-30/h3-6,10-13H,2,7-9,14-19H2,1H3,(H,29,33). The molecule has 2 saturated heterocycles. The fraction of sp³-hybridized carbons (Fsp3) is 0.429. The van der Waals surface area contributed by atoms with Crippen LogP contribution in [-0.2, 0) is 9.59 Å². The van der Waals surface area contributed by atoms with Crippen LogP contribution in [0.4, 0.5) is 11.4 Å². The Balaban J connectivity index is 1.25. The van der Waals surface area contributed by atoms with Crippen molar-refractivity contribution >= 4 is 35.0 Å². The quantitative estimate of drug-likeness (QED) is 0.665. The molecule has 0 saturated carbocycles. The second kappa shape index (κ2) is 9.76. The third kappa shape index (κ3) is 4.25. The Bertz CT molecular complexity index is 1210. The number of benzene rings is 2. The maximum absolute atomic E-state index is 13.4. The third-order valence-corrected chi connectivity index (χ3v) is 7.61. The van der Waals surface area contributed by atoms with Gasteiger partial charge >= 0.3 is 0 Å². The number of rotatable bonds is 6. The van der Waals surface area contributed by atoms with E-state index < -0.39 is 5.66 Å². The summed E-state index contributed by atoms with van der Waals surface area (Å²) in [6.07, 6.45) is 4.73. The molecule has 0 bridgehead atoms. The van der Waals surface area contributed by atoms with E-state index in [0.717, 1.165) is 32.4 Å². The lowest BCUT2D eigenvalue weighted by molar-refractivity contribution is -0.118. The van der Waals surface area contributed by atoms with Crippen molar-refractivity contribution in [2.45, 2.75) is 57.5 Å². The maximum atomic E-state index is 13.4. The van der Waals surface area contributed by atoms with Crippen molar-refractivity contribution in [3.8, 4) is 0 Å². The van der Waals surface area contributed by atoms with Gasteiger partial charge in [0.05, 0.1) is 22.5 Å². The van der Waals surface area contributed by atoms with Crippen molar-refractivity contribution in [3.63, 3.8) is 0 Å². The summed E-state index contributed by atoms with van der Waals surface area (Å²) in [6.45, 7) is 3.77. The molecule has 2 aromatic carbocycles. The molecule has 2 aromatic rings. The van der Waals surface area contributed by atoms with E-state index in [4.69, 9.17) is 0 Å². The summed E-state index contributed by atoms with van der Waals surface area (Å²) in [4.78, 5) is 57.3. The second-order valence-electron chi connectivity index (χ2n) is 9.97. The molecule has 0 aromatic heterocycles. The molecule has 1 atom stereocenters. The summed E-state index contributed by atoms with van der Waals surface area (Å²) in [5.41, 5.74) is 1.46. The van der Waals surface area contributed by atoms with Crippen LogP contribution in [0.2, 0.25) is 0 Å². The van der Waals surface area contributed by atoms with Crippen molar-refractivity contribution < 1.29 is 19.2 Å². The van der Waals surface area contributed by atoms with Gasteiger partial charge in [0, 0.05) is 32.5 Å². The first-order valence-corrected chi connectivity index (χ1v) is 12.8. The van der Waals surface area contributed by atoms with Crippen LogP contribution in [0.3, 0.4) is 0 Å². The van der Waals surface area contributed by atoms with E-state index in [9.17, 15) is 19.2 Å². The third-order valence-electron chi connectivity index (χ3n) is 7.61. The predicted molar refractivity (Wildman–Crippen MR) is 137 cm³/mol. The first kappa shape index (κ1) is 24.0. The van der Waals surface area contributed by atoms with Gasteiger partial charge < -0.3 is 15.1 Å². The topological polar surface area (TPSA) is 90.0 Å². The highest BCUT2D eigenvalue weighted by Gasteiger charge is 2.52.